The average Bonchev–Trinajstić information content (AvgIpc) is 3.56. The van der Waals surface area contributed by atoms with E-state index in [2.05, 4.69) is 11.4 Å². The summed E-state index contributed by atoms with van der Waals surface area (Å²) in [5.41, 5.74) is 3.65. The fourth-order valence-electron chi connectivity index (χ4n) is 3.62. The van der Waals surface area contributed by atoms with E-state index in [-0.39, 0.29) is 11.9 Å². The first kappa shape index (κ1) is 18.9. The number of allylic oxidation sites excluding steroid dienone is 1. The van der Waals surface area contributed by atoms with Gasteiger partial charge in [-0.3, -0.25) is 4.79 Å². The molecule has 1 saturated carbocycles. The van der Waals surface area contributed by atoms with Crippen molar-refractivity contribution in [3.8, 4) is 0 Å². The number of aryl methyl sites for hydroxylation is 1. The van der Waals surface area contributed by atoms with Crippen molar-refractivity contribution >= 4 is 22.0 Å². The molecule has 1 amide bonds. The summed E-state index contributed by atoms with van der Waals surface area (Å²) in [7, 11) is -1.93. The number of hydrogen-bond donors (Lipinski definition) is 1. The van der Waals surface area contributed by atoms with Crippen molar-refractivity contribution in [1.29, 1.82) is 0 Å². The van der Waals surface area contributed by atoms with Crippen molar-refractivity contribution in [3.05, 3.63) is 75.7 Å². The Balaban J connectivity index is 1.60. The van der Waals surface area contributed by atoms with Crippen LogP contribution in [0.3, 0.4) is 0 Å². The number of sulfonamides is 1. The van der Waals surface area contributed by atoms with Crippen molar-refractivity contribution in [2.75, 3.05) is 7.05 Å². The lowest BCUT2D eigenvalue weighted by Gasteiger charge is -2.25. The molecule has 2 aromatic carbocycles. The first-order chi connectivity index (χ1) is 13.5. The number of carbonyl (C=O) groups is 1. The number of benzene rings is 2. The molecule has 0 bridgehead atoms. The van der Waals surface area contributed by atoms with Crippen molar-refractivity contribution < 1.29 is 13.2 Å². The summed E-state index contributed by atoms with van der Waals surface area (Å²) >= 11 is 0. The highest BCUT2D eigenvalue weighted by atomic mass is 32.2. The maximum absolute atomic E-state index is 13.4. The zero-order valence-corrected chi connectivity index (χ0v) is 16.7. The third-order valence-electron chi connectivity index (χ3n) is 5.39. The Hall–Kier alpha value is -2.44. The Bertz CT molecular complexity index is 1020. The summed E-state index contributed by atoms with van der Waals surface area (Å²) in [5.74, 6) is -0.149. The van der Waals surface area contributed by atoms with Gasteiger partial charge in [0.1, 0.15) is 0 Å². The van der Waals surface area contributed by atoms with Gasteiger partial charge in [0.2, 0.25) is 10.0 Å². The normalized spacial score (nSPS) is 16.4. The molecule has 2 aliphatic rings. The summed E-state index contributed by atoms with van der Waals surface area (Å²) in [6.07, 6.45) is 4.93. The van der Waals surface area contributed by atoms with Gasteiger partial charge in [-0.1, -0.05) is 36.4 Å². The van der Waals surface area contributed by atoms with E-state index in [1.165, 1.54) is 5.56 Å². The van der Waals surface area contributed by atoms with E-state index in [4.69, 9.17) is 0 Å². The zero-order chi connectivity index (χ0) is 19.7. The minimum absolute atomic E-state index is 0.0710. The van der Waals surface area contributed by atoms with Gasteiger partial charge in [-0.05, 0) is 60.6 Å². The van der Waals surface area contributed by atoms with Gasteiger partial charge in [-0.15, -0.1) is 0 Å². The Morgan fingerprint density at radius 1 is 1.07 bits per heavy atom. The van der Waals surface area contributed by atoms with E-state index in [0.717, 1.165) is 30.4 Å². The predicted octanol–water partition coefficient (Wildman–Crippen LogP) is 3.33. The topological polar surface area (TPSA) is 66.5 Å². The zero-order valence-electron chi connectivity index (χ0n) is 15.9. The molecule has 6 heteroatoms. The summed E-state index contributed by atoms with van der Waals surface area (Å²) in [5, 5.41) is 2.59. The van der Waals surface area contributed by atoms with Crippen molar-refractivity contribution in [3.63, 3.8) is 0 Å². The molecule has 4 rings (SSSR count). The molecular weight excluding hydrogens is 372 g/mol. The van der Waals surface area contributed by atoms with E-state index in [0.29, 0.717) is 23.4 Å². The Morgan fingerprint density at radius 2 is 1.79 bits per heavy atom. The number of carbonyl (C=O) groups excluding carboxylic acids is 1. The first-order valence-corrected chi connectivity index (χ1v) is 11.0. The average molecular weight is 397 g/mol. The second-order valence-electron chi connectivity index (χ2n) is 7.37. The van der Waals surface area contributed by atoms with Crippen LogP contribution in [0, 0.1) is 0 Å². The molecule has 2 aliphatic carbocycles. The van der Waals surface area contributed by atoms with E-state index in [1.54, 1.807) is 23.5 Å². The summed E-state index contributed by atoms with van der Waals surface area (Å²) in [4.78, 5) is 12.2. The number of rotatable bonds is 6. The number of nitrogens with one attached hydrogen (secondary N) is 1. The lowest BCUT2D eigenvalue weighted by Crippen LogP contribution is -2.34. The monoisotopic (exact) mass is 396 g/mol. The van der Waals surface area contributed by atoms with E-state index >= 15 is 0 Å². The number of amides is 1. The highest BCUT2D eigenvalue weighted by molar-refractivity contribution is 7.93. The van der Waals surface area contributed by atoms with Gasteiger partial charge in [-0.2, -0.15) is 4.31 Å². The van der Waals surface area contributed by atoms with E-state index in [1.807, 2.05) is 36.4 Å². The maximum atomic E-state index is 13.4. The molecule has 146 valence electrons. The highest BCUT2D eigenvalue weighted by Gasteiger charge is 2.39. The Morgan fingerprint density at radius 3 is 2.46 bits per heavy atom. The molecule has 0 aliphatic heterocycles. The van der Waals surface area contributed by atoms with Gasteiger partial charge in [0.05, 0.1) is 4.91 Å². The van der Waals surface area contributed by atoms with E-state index < -0.39 is 10.0 Å². The maximum Gasteiger partial charge on any atom is 0.251 e. The molecule has 0 heterocycles. The summed E-state index contributed by atoms with van der Waals surface area (Å²) < 4.78 is 28.4. The van der Waals surface area contributed by atoms with Crippen LogP contribution in [0.4, 0.5) is 0 Å². The standard InChI is InChI=1S/C22H24N2O3S/c1-23-22(25)18-8-6-16(7-9-18)15-24(20-11-12-20)28(26,27)21-13-10-17-4-2-3-5-19(17)14-21/h2-9,14,20H,10-13,15H2,1H3,(H,23,25). The molecule has 2 aromatic rings. The quantitative estimate of drug-likeness (QED) is 0.814. The fourth-order valence-corrected chi connectivity index (χ4v) is 5.48. The predicted molar refractivity (Wildman–Crippen MR) is 110 cm³/mol. The summed E-state index contributed by atoms with van der Waals surface area (Å²) in [6.45, 7) is 0.333. The minimum Gasteiger partial charge on any atom is -0.355 e. The van der Waals surface area contributed by atoms with Crippen LogP contribution in [-0.4, -0.2) is 31.7 Å². The second-order valence-corrected chi connectivity index (χ2v) is 9.31. The smallest absolute Gasteiger partial charge is 0.251 e. The van der Waals surface area contributed by atoms with Crippen LogP contribution < -0.4 is 5.32 Å². The van der Waals surface area contributed by atoms with Crippen LogP contribution in [0.15, 0.2) is 53.4 Å². The van der Waals surface area contributed by atoms with Crippen LogP contribution in [-0.2, 0) is 23.0 Å². The third-order valence-corrected chi connectivity index (χ3v) is 7.42. The van der Waals surface area contributed by atoms with Gasteiger partial charge < -0.3 is 5.32 Å². The lowest BCUT2D eigenvalue weighted by atomic mass is 9.98. The molecule has 1 N–H and O–H groups in total. The van der Waals surface area contributed by atoms with Gasteiger partial charge in [0, 0.05) is 25.2 Å². The number of nitrogens with zero attached hydrogens (tertiary/aromatic N) is 1. The molecule has 0 radical (unpaired) electrons. The Kier molecular flexibility index (Phi) is 5.08. The minimum atomic E-state index is -3.52. The Labute approximate surface area is 166 Å². The molecular formula is C22H24N2O3S. The molecule has 28 heavy (non-hydrogen) atoms. The van der Waals surface area contributed by atoms with Crippen molar-refractivity contribution in [1.82, 2.24) is 9.62 Å². The van der Waals surface area contributed by atoms with Crippen LogP contribution in [0.2, 0.25) is 0 Å². The van der Waals surface area contributed by atoms with Crippen LogP contribution >= 0.6 is 0 Å². The van der Waals surface area contributed by atoms with Crippen LogP contribution in [0.5, 0.6) is 0 Å². The molecule has 1 fully saturated rings. The SMILES string of the molecule is CNC(=O)c1ccc(CN(C2CC2)S(=O)(=O)C2=Cc3ccccc3CC2)cc1. The molecule has 0 saturated heterocycles. The molecule has 0 unspecified atom stereocenters. The second kappa shape index (κ2) is 7.53. The fraction of sp³-hybridized carbons (Fsp3) is 0.318. The molecule has 5 nitrogen and oxygen atoms in total. The largest absolute Gasteiger partial charge is 0.355 e. The van der Waals surface area contributed by atoms with E-state index in [9.17, 15) is 13.2 Å². The van der Waals surface area contributed by atoms with Crippen molar-refractivity contribution in [2.45, 2.75) is 38.3 Å². The third kappa shape index (κ3) is 3.75. The van der Waals surface area contributed by atoms with Gasteiger partial charge >= 0.3 is 0 Å². The number of hydrogen-bond acceptors (Lipinski definition) is 3. The van der Waals surface area contributed by atoms with Gasteiger partial charge in [-0.25, -0.2) is 8.42 Å². The van der Waals surface area contributed by atoms with Crippen LogP contribution in [0.1, 0.15) is 46.3 Å². The van der Waals surface area contributed by atoms with Gasteiger partial charge in [0.25, 0.3) is 5.91 Å². The van der Waals surface area contributed by atoms with Crippen LogP contribution in [0.25, 0.3) is 6.08 Å². The summed E-state index contributed by atoms with van der Waals surface area (Å²) in [6, 6.07) is 15.2. The number of fused-ring (bicyclic) bond motifs is 1. The van der Waals surface area contributed by atoms with Crippen molar-refractivity contribution in [2.24, 2.45) is 0 Å². The first-order valence-electron chi connectivity index (χ1n) is 9.60. The molecule has 0 spiro atoms. The van der Waals surface area contributed by atoms with Gasteiger partial charge in [0.15, 0.2) is 0 Å². The highest BCUT2D eigenvalue weighted by Crippen LogP contribution is 2.36. The lowest BCUT2D eigenvalue weighted by molar-refractivity contribution is 0.0963. The molecule has 0 atom stereocenters. The molecule has 0 aromatic heterocycles.